The molecule has 0 saturated carbocycles. The number of hydrogen-bond donors (Lipinski definition) is 1. The van der Waals surface area contributed by atoms with Crippen LogP contribution in [0.4, 0.5) is 5.69 Å². The van der Waals surface area contributed by atoms with Gasteiger partial charge in [-0.2, -0.15) is 0 Å². The summed E-state index contributed by atoms with van der Waals surface area (Å²) in [5.74, 6) is -0.399. The summed E-state index contributed by atoms with van der Waals surface area (Å²) in [4.78, 5) is 27.4. The number of benzene rings is 2. The summed E-state index contributed by atoms with van der Waals surface area (Å²) in [5, 5.41) is 2.85. The Morgan fingerprint density at radius 2 is 1.68 bits per heavy atom. The normalized spacial score (nSPS) is 12.1. The molecule has 2 amide bonds. The maximum absolute atomic E-state index is 13.2. The van der Waals surface area contributed by atoms with Crippen molar-refractivity contribution in [3.63, 3.8) is 0 Å². The number of carbonyl (C=O) groups excluding carboxylic acids is 2. The van der Waals surface area contributed by atoms with Gasteiger partial charge in [-0.25, -0.2) is 8.42 Å². The molecule has 0 heterocycles. The topological polar surface area (TPSA) is 86.8 Å². The first-order chi connectivity index (χ1) is 16.0. The molecule has 0 fully saturated rings. The SMILES string of the molecule is CCCNC(=O)[C@H](C)N(Cc1ccc(Br)cc1)C(=O)CCCN(c1ccc(C)cc1)S(C)(=O)=O. The van der Waals surface area contributed by atoms with Crippen LogP contribution in [-0.2, 0) is 26.2 Å². The van der Waals surface area contributed by atoms with Crippen molar-refractivity contribution in [2.45, 2.75) is 52.6 Å². The third-order valence-electron chi connectivity index (χ3n) is 5.46. The van der Waals surface area contributed by atoms with Crippen LogP contribution in [0.2, 0.25) is 0 Å². The van der Waals surface area contributed by atoms with E-state index in [1.165, 1.54) is 4.31 Å². The number of nitrogens with one attached hydrogen (secondary N) is 1. The molecule has 186 valence electrons. The standard InChI is InChI=1S/C25H34BrN3O4S/c1-5-16-27-25(31)20(3)28(18-21-10-12-22(26)13-11-21)24(30)7-6-17-29(34(4,32)33)23-14-8-19(2)9-15-23/h8-15,20H,5-7,16-18H2,1-4H3,(H,27,31)/t20-/m0/s1. The van der Waals surface area contributed by atoms with Crippen LogP contribution < -0.4 is 9.62 Å². The lowest BCUT2D eigenvalue weighted by atomic mass is 10.1. The van der Waals surface area contributed by atoms with Crippen LogP contribution in [0.5, 0.6) is 0 Å². The Morgan fingerprint density at radius 3 is 2.24 bits per heavy atom. The monoisotopic (exact) mass is 551 g/mol. The Labute approximate surface area is 211 Å². The van der Waals surface area contributed by atoms with E-state index in [0.717, 1.165) is 28.3 Å². The van der Waals surface area contributed by atoms with E-state index >= 15 is 0 Å². The second kappa shape index (κ2) is 12.9. The second-order valence-corrected chi connectivity index (χ2v) is 11.2. The van der Waals surface area contributed by atoms with E-state index in [0.29, 0.717) is 25.2 Å². The molecule has 2 aromatic carbocycles. The van der Waals surface area contributed by atoms with Crippen molar-refractivity contribution in [2.75, 3.05) is 23.7 Å². The van der Waals surface area contributed by atoms with Crippen molar-refractivity contribution < 1.29 is 18.0 Å². The van der Waals surface area contributed by atoms with Gasteiger partial charge in [0.25, 0.3) is 0 Å². The van der Waals surface area contributed by atoms with Gasteiger partial charge in [-0.1, -0.05) is 52.7 Å². The average Bonchev–Trinajstić information content (AvgIpc) is 2.79. The highest BCUT2D eigenvalue weighted by Crippen LogP contribution is 2.20. The molecule has 0 saturated heterocycles. The summed E-state index contributed by atoms with van der Waals surface area (Å²) < 4.78 is 27.0. The van der Waals surface area contributed by atoms with Crippen LogP contribution in [-0.4, -0.2) is 50.5 Å². The molecule has 0 radical (unpaired) electrons. The summed E-state index contributed by atoms with van der Waals surface area (Å²) in [5.41, 5.74) is 2.51. The predicted molar refractivity (Wildman–Crippen MR) is 140 cm³/mol. The first kappa shape index (κ1) is 27.9. The molecule has 2 rings (SSSR count). The minimum absolute atomic E-state index is 0.125. The number of anilines is 1. The Kier molecular flexibility index (Phi) is 10.6. The van der Waals surface area contributed by atoms with Crippen LogP contribution in [0, 0.1) is 6.92 Å². The zero-order valence-electron chi connectivity index (χ0n) is 20.3. The molecule has 0 aliphatic heterocycles. The number of carbonyl (C=O) groups is 2. The third-order valence-corrected chi connectivity index (χ3v) is 7.18. The fourth-order valence-corrected chi connectivity index (χ4v) is 4.71. The van der Waals surface area contributed by atoms with Crippen LogP contribution >= 0.6 is 15.9 Å². The minimum atomic E-state index is -3.50. The molecular weight excluding hydrogens is 518 g/mol. The maximum atomic E-state index is 13.2. The maximum Gasteiger partial charge on any atom is 0.242 e. The minimum Gasteiger partial charge on any atom is -0.354 e. The number of amides is 2. The lowest BCUT2D eigenvalue weighted by Crippen LogP contribution is -2.47. The van der Waals surface area contributed by atoms with Crippen molar-refractivity contribution in [3.8, 4) is 0 Å². The van der Waals surface area contributed by atoms with Gasteiger partial charge < -0.3 is 10.2 Å². The molecule has 0 aliphatic rings. The van der Waals surface area contributed by atoms with Crippen molar-refractivity contribution >= 4 is 43.5 Å². The lowest BCUT2D eigenvalue weighted by molar-refractivity contribution is -0.140. The van der Waals surface area contributed by atoms with Gasteiger partial charge in [0.1, 0.15) is 6.04 Å². The van der Waals surface area contributed by atoms with Crippen LogP contribution in [0.3, 0.4) is 0 Å². The predicted octanol–water partition coefficient (Wildman–Crippen LogP) is 4.25. The van der Waals surface area contributed by atoms with Crippen LogP contribution in [0.1, 0.15) is 44.2 Å². The van der Waals surface area contributed by atoms with Crippen molar-refractivity contribution in [1.82, 2.24) is 10.2 Å². The highest BCUT2D eigenvalue weighted by atomic mass is 79.9. The fourth-order valence-electron chi connectivity index (χ4n) is 3.48. The summed E-state index contributed by atoms with van der Waals surface area (Å²) in [6, 6.07) is 14.2. The van der Waals surface area contributed by atoms with Crippen LogP contribution in [0.15, 0.2) is 53.0 Å². The van der Waals surface area contributed by atoms with E-state index in [4.69, 9.17) is 0 Å². The van der Waals surface area contributed by atoms with Gasteiger partial charge in [-0.05, 0) is 56.5 Å². The van der Waals surface area contributed by atoms with E-state index in [1.54, 1.807) is 24.0 Å². The first-order valence-electron chi connectivity index (χ1n) is 11.4. The summed E-state index contributed by atoms with van der Waals surface area (Å²) in [6.45, 7) is 6.64. The molecule has 7 nitrogen and oxygen atoms in total. The van der Waals surface area contributed by atoms with Crippen LogP contribution in [0.25, 0.3) is 0 Å². The van der Waals surface area contributed by atoms with E-state index in [1.807, 2.05) is 50.2 Å². The van der Waals surface area contributed by atoms with E-state index in [2.05, 4.69) is 21.2 Å². The summed E-state index contributed by atoms with van der Waals surface area (Å²) in [6.07, 6.45) is 2.42. The molecule has 0 unspecified atom stereocenters. The number of hydrogen-bond acceptors (Lipinski definition) is 4. The number of sulfonamides is 1. The van der Waals surface area contributed by atoms with Gasteiger partial charge >= 0.3 is 0 Å². The quantitative estimate of drug-likeness (QED) is 0.427. The molecule has 34 heavy (non-hydrogen) atoms. The molecular formula is C25H34BrN3O4S. The van der Waals surface area contributed by atoms with Gasteiger partial charge in [0, 0.05) is 30.5 Å². The molecule has 1 atom stereocenters. The van der Waals surface area contributed by atoms with Gasteiger partial charge in [-0.3, -0.25) is 13.9 Å². The Hall–Kier alpha value is -2.39. The Balaban J connectivity index is 2.13. The highest BCUT2D eigenvalue weighted by Gasteiger charge is 2.26. The smallest absolute Gasteiger partial charge is 0.242 e. The fraction of sp³-hybridized carbons (Fsp3) is 0.440. The second-order valence-electron chi connectivity index (χ2n) is 8.39. The molecule has 9 heteroatoms. The van der Waals surface area contributed by atoms with E-state index in [9.17, 15) is 18.0 Å². The Bertz CT molecular complexity index is 1060. The zero-order valence-corrected chi connectivity index (χ0v) is 22.7. The molecule has 0 aromatic heterocycles. The molecule has 0 aliphatic carbocycles. The highest BCUT2D eigenvalue weighted by molar-refractivity contribution is 9.10. The first-order valence-corrected chi connectivity index (χ1v) is 14.0. The van der Waals surface area contributed by atoms with E-state index < -0.39 is 16.1 Å². The number of nitrogens with zero attached hydrogens (tertiary/aromatic N) is 2. The van der Waals surface area contributed by atoms with Gasteiger partial charge in [0.2, 0.25) is 21.8 Å². The largest absolute Gasteiger partial charge is 0.354 e. The number of rotatable bonds is 12. The molecule has 0 bridgehead atoms. The van der Waals surface area contributed by atoms with Crippen molar-refractivity contribution in [1.29, 1.82) is 0 Å². The van der Waals surface area contributed by atoms with Crippen molar-refractivity contribution in [3.05, 3.63) is 64.1 Å². The molecule has 0 spiro atoms. The van der Waals surface area contributed by atoms with Gasteiger partial charge in [0.05, 0.1) is 11.9 Å². The Morgan fingerprint density at radius 1 is 1.06 bits per heavy atom. The number of halogens is 1. The summed E-state index contributed by atoms with van der Waals surface area (Å²) in [7, 11) is -3.50. The van der Waals surface area contributed by atoms with Crippen molar-refractivity contribution in [2.24, 2.45) is 0 Å². The van der Waals surface area contributed by atoms with E-state index in [-0.39, 0.29) is 24.8 Å². The molecule has 1 N–H and O–H groups in total. The number of aryl methyl sites for hydroxylation is 1. The zero-order chi connectivity index (χ0) is 25.3. The van der Waals surface area contributed by atoms with Gasteiger partial charge in [0.15, 0.2) is 0 Å². The molecule has 2 aromatic rings. The lowest BCUT2D eigenvalue weighted by Gasteiger charge is -2.29. The average molecular weight is 553 g/mol. The summed E-state index contributed by atoms with van der Waals surface area (Å²) >= 11 is 3.41. The van der Waals surface area contributed by atoms with Gasteiger partial charge in [-0.15, -0.1) is 0 Å². The third kappa shape index (κ3) is 8.43.